The average Bonchev–Trinajstić information content (AvgIpc) is 2.39. The first-order valence-electron chi connectivity index (χ1n) is 5.70. The van der Waals surface area contributed by atoms with Gasteiger partial charge in [-0.1, -0.05) is 46.3 Å². The van der Waals surface area contributed by atoms with Gasteiger partial charge >= 0.3 is 0 Å². The van der Waals surface area contributed by atoms with Crippen molar-refractivity contribution in [3.8, 4) is 0 Å². The molecular formula is C14H11BrFNO2. The predicted molar refractivity (Wildman–Crippen MR) is 74.9 cm³/mol. The molecule has 0 aliphatic rings. The van der Waals surface area contributed by atoms with E-state index in [0.717, 1.165) is 5.56 Å². The van der Waals surface area contributed by atoms with Crippen LogP contribution in [0.4, 0.5) is 10.1 Å². The van der Waals surface area contributed by atoms with Crippen molar-refractivity contribution in [2.75, 3.05) is 0 Å². The molecule has 2 aromatic rings. The summed E-state index contributed by atoms with van der Waals surface area (Å²) in [7, 11) is 0. The van der Waals surface area contributed by atoms with Crippen LogP contribution in [-0.2, 0) is 6.42 Å². The van der Waals surface area contributed by atoms with Crippen LogP contribution in [0.15, 0.2) is 48.5 Å². The monoisotopic (exact) mass is 323 g/mol. The maximum atomic E-state index is 12.8. The summed E-state index contributed by atoms with van der Waals surface area (Å²) in [6, 6.07) is 12.7. The number of nitro groups is 1. The van der Waals surface area contributed by atoms with Crippen LogP contribution in [-0.4, -0.2) is 4.92 Å². The van der Waals surface area contributed by atoms with Gasteiger partial charge in [-0.3, -0.25) is 10.1 Å². The molecule has 0 aliphatic carbocycles. The normalized spacial score (nSPS) is 12.1. The summed E-state index contributed by atoms with van der Waals surface area (Å²) in [5, 5.41) is 10.9. The lowest BCUT2D eigenvalue weighted by atomic mass is 10.0. The standard InChI is InChI=1S/C14H11BrFNO2/c15-13(10-5-7-12(16)8-6-10)9-11-3-1-2-4-14(11)17(18)19/h1-8,13H,9H2. The third-order valence-corrected chi connectivity index (χ3v) is 3.67. The maximum Gasteiger partial charge on any atom is 0.272 e. The Hall–Kier alpha value is -1.75. The molecule has 19 heavy (non-hydrogen) atoms. The molecule has 1 atom stereocenters. The number of alkyl halides is 1. The Morgan fingerprint density at radius 3 is 2.42 bits per heavy atom. The fourth-order valence-corrected chi connectivity index (χ4v) is 2.50. The molecule has 0 spiro atoms. The Bertz CT molecular complexity index is 586. The molecule has 0 N–H and O–H groups in total. The average molecular weight is 324 g/mol. The van der Waals surface area contributed by atoms with Crippen molar-refractivity contribution in [1.29, 1.82) is 0 Å². The number of nitrogens with zero attached hydrogens (tertiary/aromatic N) is 1. The Labute approximate surface area is 118 Å². The summed E-state index contributed by atoms with van der Waals surface area (Å²) in [4.78, 5) is 10.4. The van der Waals surface area contributed by atoms with Crippen LogP contribution in [0, 0.1) is 15.9 Å². The highest BCUT2D eigenvalue weighted by Gasteiger charge is 2.16. The van der Waals surface area contributed by atoms with Crippen LogP contribution in [0.2, 0.25) is 0 Å². The lowest BCUT2D eigenvalue weighted by Gasteiger charge is -2.10. The zero-order valence-electron chi connectivity index (χ0n) is 9.92. The third-order valence-electron chi connectivity index (χ3n) is 2.82. The van der Waals surface area contributed by atoms with Crippen LogP contribution in [0.25, 0.3) is 0 Å². The molecule has 0 bridgehead atoms. The number of hydrogen-bond acceptors (Lipinski definition) is 2. The van der Waals surface area contributed by atoms with Gasteiger partial charge in [0.15, 0.2) is 0 Å². The Kier molecular flexibility index (Phi) is 4.27. The summed E-state index contributed by atoms with van der Waals surface area (Å²) in [6.45, 7) is 0. The summed E-state index contributed by atoms with van der Waals surface area (Å²) >= 11 is 3.49. The zero-order valence-corrected chi connectivity index (χ0v) is 11.5. The highest BCUT2D eigenvalue weighted by atomic mass is 79.9. The lowest BCUT2D eigenvalue weighted by molar-refractivity contribution is -0.385. The van der Waals surface area contributed by atoms with Crippen LogP contribution >= 0.6 is 15.9 Å². The molecule has 0 saturated heterocycles. The number of para-hydroxylation sites is 1. The first-order chi connectivity index (χ1) is 9.08. The van der Waals surface area contributed by atoms with Gasteiger partial charge < -0.3 is 0 Å². The highest BCUT2D eigenvalue weighted by Crippen LogP contribution is 2.30. The first kappa shape index (κ1) is 13.7. The van der Waals surface area contributed by atoms with E-state index in [-0.39, 0.29) is 21.3 Å². The predicted octanol–water partition coefficient (Wildman–Crippen LogP) is 4.41. The molecule has 0 aliphatic heterocycles. The topological polar surface area (TPSA) is 43.1 Å². The van der Waals surface area contributed by atoms with E-state index in [1.54, 1.807) is 30.3 Å². The molecule has 2 aromatic carbocycles. The van der Waals surface area contributed by atoms with Crippen LogP contribution < -0.4 is 0 Å². The molecule has 3 nitrogen and oxygen atoms in total. The van der Waals surface area contributed by atoms with Crippen LogP contribution in [0.5, 0.6) is 0 Å². The van der Waals surface area contributed by atoms with Gasteiger partial charge in [-0.2, -0.15) is 0 Å². The molecule has 1 unspecified atom stereocenters. The lowest BCUT2D eigenvalue weighted by Crippen LogP contribution is -2.00. The summed E-state index contributed by atoms with van der Waals surface area (Å²) in [6.07, 6.45) is 0.475. The van der Waals surface area contributed by atoms with Crippen molar-refractivity contribution in [3.63, 3.8) is 0 Å². The largest absolute Gasteiger partial charge is 0.272 e. The minimum atomic E-state index is -0.389. The number of hydrogen-bond donors (Lipinski definition) is 0. The molecular weight excluding hydrogens is 313 g/mol. The zero-order chi connectivity index (χ0) is 13.8. The fourth-order valence-electron chi connectivity index (χ4n) is 1.84. The number of rotatable bonds is 4. The van der Waals surface area contributed by atoms with E-state index in [2.05, 4.69) is 15.9 Å². The Balaban J connectivity index is 2.21. The molecule has 2 rings (SSSR count). The van der Waals surface area contributed by atoms with Crippen LogP contribution in [0.3, 0.4) is 0 Å². The molecule has 0 amide bonds. The molecule has 98 valence electrons. The number of nitro benzene ring substituents is 1. The SMILES string of the molecule is O=[N+]([O-])c1ccccc1CC(Br)c1ccc(F)cc1. The summed E-state index contributed by atoms with van der Waals surface area (Å²) in [5.74, 6) is -0.297. The van der Waals surface area contributed by atoms with Crippen molar-refractivity contribution in [2.45, 2.75) is 11.2 Å². The van der Waals surface area contributed by atoms with E-state index < -0.39 is 0 Å². The van der Waals surface area contributed by atoms with E-state index in [9.17, 15) is 14.5 Å². The minimum absolute atomic E-state index is 0.0887. The van der Waals surface area contributed by atoms with Gasteiger partial charge in [0.2, 0.25) is 0 Å². The molecule has 0 saturated carbocycles. The van der Waals surface area contributed by atoms with E-state index in [0.29, 0.717) is 12.0 Å². The van der Waals surface area contributed by atoms with Gasteiger partial charge in [-0.25, -0.2) is 4.39 Å². The second-order valence-corrected chi connectivity index (χ2v) is 5.21. The number of benzene rings is 2. The van der Waals surface area contributed by atoms with Crippen molar-refractivity contribution >= 4 is 21.6 Å². The summed E-state index contributed by atoms with van der Waals surface area (Å²) < 4.78 is 12.8. The van der Waals surface area contributed by atoms with Crippen molar-refractivity contribution < 1.29 is 9.31 Å². The van der Waals surface area contributed by atoms with Gasteiger partial charge in [0.25, 0.3) is 5.69 Å². The van der Waals surface area contributed by atoms with E-state index in [1.807, 2.05) is 0 Å². The van der Waals surface area contributed by atoms with Crippen molar-refractivity contribution in [3.05, 3.63) is 75.6 Å². The second-order valence-electron chi connectivity index (χ2n) is 4.11. The van der Waals surface area contributed by atoms with E-state index in [4.69, 9.17) is 0 Å². The highest BCUT2D eigenvalue weighted by molar-refractivity contribution is 9.09. The maximum absolute atomic E-state index is 12.8. The first-order valence-corrected chi connectivity index (χ1v) is 6.61. The fraction of sp³-hybridized carbons (Fsp3) is 0.143. The van der Waals surface area contributed by atoms with Gasteiger partial charge in [-0.15, -0.1) is 0 Å². The van der Waals surface area contributed by atoms with Crippen LogP contribution in [0.1, 0.15) is 16.0 Å². The minimum Gasteiger partial charge on any atom is -0.258 e. The van der Waals surface area contributed by atoms with Crippen molar-refractivity contribution in [1.82, 2.24) is 0 Å². The van der Waals surface area contributed by atoms with Gasteiger partial charge in [-0.05, 0) is 24.1 Å². The molecule has 0 fully saturated rings. The summed E-state index contributed by atoms with van der Waals surface area (Å²) in [5.41, 5.74) is 1.65. The van der Waals surface area contributed by atoms with E-state index >= 15 is 0 Å². The van der Waals surface area contributed by atoms with E-state index in [1.165, 1.54) is 18.2 Å². The third kappa shape index (κ3) is 3.38. The second kappa shape index (κ2) is 5.93. The molecule has 5 heteroatoms. The van der Waals surface area contributed by atoms with Gasteiger partial charge in [0, 0.05) is 16.5 Å². The van der Waals surface area contributed by atoms with Gasteiger partial charge in [0.05, 0.1) is 4.92 Å². The quantitative estimate of drug-likeness (QED) is 0.475. The smallest absolute Gasteiger partial charge is 0.258 e. The van der Waals surface area contributed by atoms with Gasteiger partial charge in [0.1, 0.15) is 5.82 Å². The molecule has 0 aromatic heterocycles. The Morgan fingerprint density at radius 1 is 1.16 bits per heavy atom. The molecule has 0 heterocycles. The molecule has 0 radical (unpaired) electrons. The Morgan fingerprint density at radius 2 is 1.79 bits per heavy atom. The van der Waals surface area contributed by atoms with Crippen molar-refractivity contribution in [2.24, 2.45) is 0 Å². The number of halogens is 2.